The van der Waals surface area contributed by atoms with E-state index in [1.165, 1.54) is 49.5 Å². The van der Waals surface area contributed by atoms with Gasteiger partial charge in [-0.15, -0.1) is 0 Å². The van der Waals surface area contributed by atoms with Crippen LogP contribution in [0.1, 0.15) is 23.6 Å². The van der Waals surface area contributed by atoms with Gasteiger partial charge in [0.25, 0.3) is 10.0 Å². The maximum Gasteiger partial charge on any atom is 0.264 e. The zero-order valence-electron chi connectivity index (χ0n) is 26.3. The molecule has 0 aliphatic carbocycles. The average molecular weight is 664 g/mol. The lowest BCUT2D eigenvalue weighted by Gasteiger charge is -2.34. The molecule has 0 fully saturated rings. The molecule has 0 saturated carbocycles. The summed E-state index contributed by atoms with van der Waals surface area (Å²) >= 11 is 6.15. The van der Waals surface area contributed by atoms with E-state index >= 15 is 0 Å². The fraction of sp³-hybridized carbons (Fsp3) is 0.257. The van der Waals surface area contributed by atoms with Gasteiger partial charge in [-0.3, -0.25) is 13.9 Å². The van der Waals surface area contributed by atoms with Gasteiger partial charge in [0.1, 0.15) is 12.6 Å². The van der Waals surface area contributed by atoms with Crippen LogP contribution in [0.15, 0.2) is 102 Å². The van der Waals surface area contributed by atoms with E-state index in [9.17, 15) is 18.0 Å². The number of carbonyl (C=O) groups excluding carboxylic acids is 2. The molecule has 0 heterocycles. The van der Waals surface area contributed by atoms with Crippen LogP contribution in [0.25, 0.3) is 0 Å². The SMILES string of the molecule is CCNC(=O)C(Cc1ccccc1)N(Cc1ccccc1C)C(=O)CN(c1ccc(Cl)cc1)S(=O)(=O)c1ccc(OC)c(OC)c1. The lowest BCUT2D eigenvalue weighted by atomic mass is 10.0. The van der Waals surface area contributed by atoms with Crippen LogP contribution in [-0.4, -0.2) is 58.5 Å². The first kappa shape index (κ1) is 34.3. The van der Waals surface area contributed by atoms with E-state index in [1.54, 1.807) is 12.1 Å². The van der Waals surface area contributed by atoms with Crippen molar-refractivity contribution in [2.45, 2.75) is 37.8 Å². The van der Waals surface area contributed by atoms with Gasteiger partial charge in [0.15, 0.2) is 11.5 Å². The summed E-state index contributed by atoms with van der Waals surface area (Å²) in [5, 5.41) is 3.27. The molecule has 9 nitrogen and oxygen atoms in total. The van der Waals surface area contributed by atoms with E-state index < -0.39 is 28.5 Å². The highest BCUT2D eigenvalue weighted by atomic mass is 35.5. The summed E-state index contributed by atoms with van der Waals surface area (Å²) in [6.45, 7) is 3.60. The van der Waals surface area contributed by atoms with Crippen molar-refractivity contribution in [3.8, 4) is 11.5 Å². The Morgan fingerprint density at radius 2 is 1.52 bits per heavy atom. The van der Waals surface area contributed by atoms with Crippen LogP contribution >= 0.6 is 11.6 Å². The number of anilines is 1. The number of likely N-dealkylation sites (N-methyl/N-ethyl adjacent to an activating group) is 1. The molecule has 242 valence electrons. The molecule has 0 aliphatic heterocycles. The minimum absolute atomic E-state index is 0.0883. The Labute approximate surface area is 275 Å². The van der Waals surface area contributed by atoms with Crippen molar-refractivity contribution >= 4 is 39.1 Å². The minimum atomic E-state index is -4.34. The highest BCUT2D eigenvalue weighted by molar-refractivity contribution is 7.92. The van der Waals surface area contributed by atoms with Gasteiger partial charge in [0, 0.05) is 30.6 Å². The second-order valence-electron chi connectivity index (χ2n) is 10.6. The maximum atomic E-state index is 14.5. The molecule has 0 aromatic heterocycles. The molecule has 0 spiro atoms. The van der Waals surface area contributed by atoms with E-state index in [0.29, 0.717) is 17.3 Å². The van der Waals surface area contributed by atoms with Gasteiger partial charge in [0.2, 0.25) is 11.8 Å². The summed E-state index contributed by atoms with van der Waals surface area (Å²) in [7, 11) is -1.48. The Morgan fingerprint density at radius 3 is 2.15 bits per heavy atom. The topological polar surface area (TPSA) is 105 Å². The van der Waals surface area contributed by atoms with E-state index in [-0.39, 0.29) is 35.2 Å². The third-order valence-electron chi connectivity index (χ3n) is 7.56. The maximum absolute atomic E-state index is 14.5. The number of hydrogen-bond acceptors (Lipinski definition) is 6. The van der Waals surface area contributed by atoms with E-state index in [1.807, 2.05) is 68.4 Å². The normalized spacial score (nSPS) is 11.8. The lowest BCUT2D eigenvalue weighted by Crippen LogP contribution is -2.53. The number of nitrogens with zero attached hydrogens (tertiary/aromatic N) is 2. The third kappa shape index (κ3) is 8.18. The Kier molecular flexibility index (Phi) is 11.7. The van der Waals surface area contributed by atoms with E-state index in [4.69, 9.17) is 21.1 Å². The molecular weight excluding hydrogens is 626 g/mol. The molecule has 2 amide bonds. The highest BCUT2D eigenvalue weighted by Crippen LogP contribution is 2.33. The Morgan fingerprint density at radius 1 is 0.870 bits per heavy atom. The van der Waals surface area contributed by atoms with Crippen molar-refractivity contribution in [3.05, 3.63) is 119 Å². The minimum Gasteiger partial charge on any atom is -0.493 e. The molecule has 1 unspecified atom stereocenters. The number of rotatable bonds is 14. The Balaban J connectivity index is 1.82. The smallest absolute Gasteiger partial charge is 0.264 e. The monoisotopic (exact) mass is 663 g/mol. The number of nitrogens with one attached hydrogen (secondary N) is 1. The molecule has 1 N–H and O–H groups in total. The summed E-state index contributed by atoms with van der Waals surface area (Å²) in [6, 6.07) is 26.5. The number of aryl methyl sites for hydroxylation is 1. The number of ether oxygens (including phenoxy) is 2. The van der Waals surface area contributed by atoms with Crippen molar-refractivity contribution in [3.63, 3.8) is 0 Å². The number of sulfonamides is 1. The van der Waals surface area contributed by atoms with Crippen molar-refractivity contribution in [2.24, 2.45) is 0 Å². The summed E-state index contributed by atoms with van der Waals surface area (Å²) in [5.74, 6) is -0.333. The van der Waals surface area contributed by atoms with Gasteiger partial charge in [0.05, 0.1) is 24.8 Å². The van der Waals surface area contributed by atoms with Crippen molar-refractivity contribution in [1.82, 2.24) is 10.2 Å². The van der Waals surface area contributed by atoms with Gasteiger partial charge in [-0.1, -0.05) is 66.2 Å². The number of hydrogen-bond donors (Lipinski definition) is 1. The molecule has 46 heavy (non-hydrogen) atoms. The number of benzene rings is 4. The summed E-state index contributed by atoms with van der Waals surface area (Å²) in [6.07, 6.45) is 0.230. The lowest BCUT2D eigenvalue weighted by molar-refractivity contribution is -0.140. The molecule has 11 heteroatoms. The molecule has 0 bridgehead atoms. The first-order chi connectivity index (χ1) is 22.1. The van der Waals surface area contributed by atoms with E-state index in [0.717, 1.165) is 21.0 Å². The number of methoxy groups -OCH3 is 2. The zero-order valence-corrected chi connectivity index (χ0v) is 27.8. The predicted molar refractivity (Wildman–Crippen MR) is 180 cm³/mol. The second kappa shape index (κ2) is 15.6. The number of carbonyl (C=O) groups is 2. The Hall–Kier alpha value is -4.54. The van der Waals surface area contributed by atoms with Crippen LogP contribution in [-0.2, 0) is 32.6 Å². The molecular formula is C35H38ClN3O6S. The largest absolute Gasteiger partial charge is 0.493 e. The molecule has 1 atom stereocenters. The summed E-state index contributed by atoms with van der Waals surface area (Å²) in [5.41, 5.74) is 2.84. The standard InChI is InChI=1S/C35H38ClN3O6S/c1-5-37-35(41)31(21-26-12-7-6-8-13-26)38(23-27-14-10-9-11-25(27)2)34(40)24-39(29-17-15-28(36)16-18-29)46(42,43)30-19-20-32(44-3)33(22-30)45-4/h6-20,22,31H,5,21,23-24H2,1-4H3,(H,37,41). The van der Waals surface area contributed by atoms with Crippen LogP contribution in [0.5, 0.6) is 11.5 Å². The summed E-state index contributed by atoms with van der Waals surface area (Å²) in [4.78, 5) is 29.5. The van der Waals surface area contributed by atoms with Crippen LogP contribution in [0.4, 0.5) is 5.69 Å². The summed E-state index contributed by atoms with van der Waals surface area (Å²) < 4.78 is 40.3. The van der Waals surface area contributed by atoms with Gasteiger partial charge in [-0.25, -0.2) is 8.42 Å². The fourth-order valence-electron chi connectivity index (χ4n) is 5.06. The molecule has 0 radical (unpaired) electrons. The molecule has 4 rings (SSSR count). The first-order valence-electron chi connectivity index (χ1n) is 14.7. The van der Waals surface area contributed by atoms with Crippen molar-refractivity contribution in [2.75, 3.05) is 31.6 Å². The van der Waals surface area contributed by atoms with Crippen LogP contribution < -0.4 is 19.1 Å². The van der Waals surface area contributed by atoms with Crippen molar-refractivity contribution < 1.29 is 27.5 Å². The fourth-order valence-corrected chi connectivity index (χ4v) is 6.61. The van der Waals surface area contributed by atoms with Gasteiger partial charge in [-0.2, -0.15) is 0 Å². The van der Waals surface area contributed by atoms with Crippen molar-refractivity contribution in [1.29, 1.82) is 0 Å². The second-order valence-corrected chi connectivity index (χ2v) is 12.9. The van der Waals surface area contributed by atoms with Crippen LogP contribution in [0, 0.1) is 6.92 Å². The average Bonchev–Trinajstić information content (AvgIpc) is 3.06. The number of amides is 2. The highest BCUT2D eigenvalue weighted by Gasteiger charge is 2.35. The molecule has 4 aromatic carbocycles. The third-order valence-corrected chi connectivity index (χ3v) is 9.58. The first-order valence-corrected chi connectivity index (χ1v) is 16.6. The van der Waals surface area contributed by atoms with Crippen LogP contribution in [0.2, 0.25) is 5.02 Å². The van der Waals surface area contributed by atoms with Crippen LogP contribution in [0.3, 0.4) is 0 Å². The Bertz CT molecular complexity index is 1750. The zero-order chi connectivity index (χ0) is 33.3. The molecule has 0 aliphatic rings. The van der Waals surface area contributed by atoms with E-state index in [2.05, 4.69) is 5.32 Å². The molecule has 0 saturated heterocycles. The predicted octanol–water partition coefficient (Wildman–Crippen LogP) is 5.64. The molecule has 4 aromatic rings. The van der Waals surface area contributed by atoms with Gasteiger partial charge >= 0.3 is 0 Å². The van der Waals surface area contributed by atoms with Gasteiger partial charge < -0.3 is 19.7 Å². The number of halogens is 1. The van der Waals surface area contributed by atoms with Gasteiger partial charge in [-0.05, 0) is 66.9 Å². The quantitative estimate of drug-likeness (QED) is 0.187.